The molecule has 5 nitrogen and oxygen atoms in total. The van der Waals surface area contributed by atoms with Gasteiger partial charge in [-0.3, -0.25) is 4.79 Å². The Morgan fingerprint density at radius 3 is 3.00 bits per heavy atom. The van der Waals surface area contributed by atoms with Crippen molar-refractivity contribution in [2.45, 2.75) is 31.8 Å². The number of cyclic esters (lactones) is 1. The number of ether oxygens (including phenoxy) is 2. The maximum absolute atomic E-state index is 11.4. The molecule has 0 bridgehead atoms. The topological polar surface area (TPSA) is 72.8 Å². The molecule has 1 aliphatic rings. The fraction of sp³-hybridized carbons (Fsp3) is 0.636. The molecule has 5 heteroatoms. The van der Waals surface area contributed by atoms with Crippen molar-refractivity contribution in [3.05, 3.63) is 12.2 Å². The Hall–Kier alpha value is -1.36. The number of hydrogen-bond donors (Lipinski definition) is 1. The van der Waals surface area contributed by atoms with Gasteiger partial charge in [-0.15, -0.1) is 0 Å². The summed E-state index contributed by atoms with van der Waals surface area (Å²) < 4.78 is 9.77. The third-order valence-corrected chi connectivity index (χ3v) is 2.35. The Balaban J connectivity index is 2.50. The van der Waals surface area contributed by atoms with E-state index in [-0.39, 0.29) is 24.8 Å². The van der Waals surface area contributed by atoms with Crippen LogP contribution in [0.15, 0.2) is 12.2 Å². The Morgan fingerprint density at radius 1 is 1.56 bits per heavy atom. The zero-order chi connectivity index (χ0) is 12.0. The van der Waals surface area contributed by atoms with Gasteiger partial charge in [-0.2, -0.15) is 0 Å². The first-order chi connectivity index (χ1) is 7.65. The lowest BCUT2D eigenvalue weighted by Gasteiger charge is -2.16. The van der Waals surface area contributed by atoms with E-state index >= 15 is 0 Å². The van der Waals surface area contributed by atoms with E-state index in [4.69, 9.17) is 14.6 Å². The summed E-state index contributed by atoms with van der Waals surface area (Å²) in [6.45, 7) is 3.27. The van der Waals surface area contributed by atoms with Gasteiger partial charge in [0.25, 0.3) is 0 Å². The first-order valence-electron chi connectivity index (χ1n) is 5.31. The molecule has 1 fully saturated rings. The van der Waals surface area contributed by atoms with Crippen LogP contribution < -0.4 is 0 Å². The van der Waals surface area contributed by atoms with E-state index in [0.29, 0.717) is 12.8 Å². The molecule has 1 atom stereocenters. The fourth-order valence-corrected chi connectivity index (χ4v) is 1.48. The van der Waals surface area contributed by atoms with E-state index in [0.717, 1.165) is 12.8 Å². The lowest BCUT2D eigenvalue weighted by Crippen LogP contribution is -2.24. The van der Waals surface area contributed by atoms with Crippen LogP contribution in [0, 0.1) is 0 Å². The zero-order valence-corrected chi connectivity index (χ0v) is 9.11. The second kappa shape index (κ2) is 6.27. The van der Waals surface area contributed by atoms with Crippen molar-refractivity contribution in [1.29, 1.82) is 0 Å². The van der Waals surface area contributed by atoms with E-state index in [1.54, 1.807) is 0 Å². The molecule has 1 N–H and O–H groups in total. The lowest BCUT2D eigenvalue weighted by molar-refractivity contribution is -0.149. The van der Waals surface area contributed by atoms with Crippen LogP contribution in [0.2, 0.25) is 0 Å². The second-order valence-corrected chi connectivity index (χ2v) is 3.61. The molecule has 1 heterocycles. The van der Waals surface area contributed by atoms with Gasteiger partial charge in [-0.25, -0.2) is 4.79 Å². The standard InChI is InChI=1S/C11H16O5/c1-8(11(14)15-7-6-12)9-4-2-3-5-10(13)16-9/h9,12H,1-7H2. The van der Waals surface area contributed by atoms with E-state index in [1.165, 1.54) is 0 Å². The summed E-state index contributed by atoms with van der Waals surface area (Å²) in [6, 6.07) is 0. The van der Waals surface area contributed by atoms with Gasteiger partial charge in [0.2, 0.25) is 0 Å². The summed E-state index contributed by atoms with van der Waals surface area (Å²) in [5, 5.41) is 8.50. The normalized spacial score (nSPS) is 20.8. The highest BCUT2D eigenvalue weighted by Crippen LogP contribution is 2.20. The van der Waals surface area contributed by atoms with E-state index in [1.807, 2.05) is 0 Å². The van der Waals surface area contributed by atoms with Crippen molar-refractivity contribution in [2.75, 3.05) is 13.2 Å². The van der Waals surface area contributed by atoms with Crippen LogP contribution in [0.1, 0.15) is 25.7 Å². The van der Waals surface area contributed by atoms with Crippen molar-refractivity contribution >= 4 is 11.9 Å². The number of carbonyl (C=O) groups is 2. The van der Waals surface area contributed by atoms with E-state index in [9.17, 15) is 9.59 Å². The van der Waals surface area contributed by atoms with Crippen LogP contribution in [0.5, 0.6) is 0 Å². The number of hydrogen-bond acceptors (Lipinski definition) is 5. The smallest absolute Gasteiger partial charge is 0.337 e. The molecule has 0 spiro atoms. The number of aliphatic hydroxyl groups excluding tert-OH is 1. The summed E-state index contributed by atoms with van der Waals surface area (Å²) in [5.74, 6) is -0.924. The zero-order valence-electron chi connectivity index (χ0n) is 9.11. The average molecular weight is 228 g/mol. The monoisotopic (exact) mass is 228 g/mol. The summed E-state index contributed by atoms with van der Waals surface area (Å²) in [7, 11) is 0. The Labute approximate surface area is 94.0 Å². The van der Waals surface area contributed by atoms with Crippen LogP contribution in [0.3, 0.4) is 0 Å². The van der Waals surface area contributed by atoms with Crippen LogP contribution >= 0.6 is 0 Å². The molecule has 1 saturated heterocycles. The second-order valence-electron chi connectivity index (χ2n) is 3.61. The summed E-state index contributed by atoms with van der Waals surface area (Å²) in [4.78, 5) is 22.6. The molecule has 0 saturated carbocycles. The van der Waals surface area contributed by atoms with Crippen LogP contribution in [-0.4, -0.2) is 36.4 Å². The molecule has 0 aliphatic carbocycles. The lowest BCUT2D eigenvalue weighted by atomic mass is 10.1. The Bertz CT molecular complexity index is 284. The maximum atomic E-state index is 11.4. The molecule has 0 aromatic heterocycles. The van der Waals surface area contributed by atoms with E-state index < -0.39 is 12.1 Å². The first-order valence-corrected chi connectivity index (χ1v) is 5.31. The van der Waals surface area contributed by atoms with Crippen molar-refractivity contribution in [1.82, 2.24) is 0 Å². The van der Waals surface area contributed by atoms with Gasteiger partial charge in [0, 0.05) is 6.42 Å². The van der Waals surface area contributed by atoms with Crippen LogP contribution in [0.4, 0.5) is 0 Å². The number of esters is 2. The van der Waals surface area contributed by atoms with Crippen LogP contribution in [-0.2, 0) is 19.1 Å². The maximum Gasteiger partial charge on any atom is 0.337 e. The Morgan fingerprint density at radius 2 is 2.31 bits per heavy atom. The SMILES string of the molecule is C=C(C(=O)OCCO)C1CCCCC(=O)O1. The largest absolute Gasteiger partial charge is 0.460 e. The van der Waals surface area contributed by atoms with Gasteiger partial charge in [0.15, 0.2) is 0 Å². The molecule has 1 unspecified atom stereocenters. The van der Waals surface area contributed by atoms with Crippen LogP contribution in [0.25, 0.3) is 0 Å². The minimum absolute atomic E-state index is 0.0709. The van der Waals surface area contributed by atoms with Gasteiger partial charge >= 0.3 is 11.9 Å². The molecule has 16 heavy (non-hydrogen) atoms. The molecule has 1 aliphatic heterocycles. The number of aliphatic hydroxyl groups is 1. The fourth-order valence-electron chi connectivity index (χ4n) is 1.48. The molecule has 0 radical (unpaired) electrons. The molecule has 0 aromatic carbocycles. The highest BCUT2D eigenvalue weighted by Gasteiger charge is 2.25. The number of carbonyl (C=O) groups excluding carboxylic acids is 2. The summed E-state index contributed by atoms with van der Waals surface area (Å²) >= 11 is 0. The van der Waals surface area contributed by atoms with Crippen molar-refractivity contribution in [2.24, 2.45) is 0 Å². The van der Waals surface area contributed by atoms with Crippen molar-refractivity contribution in [3.63, 3.8) is 0 Å². The summed E-state index contributed by atoms with van der Waals surface area (Å²) in [6.07, 6.45) is 1.99. The van der Waals surface area contributed by atoms with Gasteiger partial charge in [0.05, 0.1) is 12.2 Å². The van der Waals surface area contributed by atoms with Crippen molar-refractivity contribution in [3.8, 4) is 0 Å². The molecular formula is C11H16O5. The summed E-state index contributed by atoms with van der Waals surface area (Å²) in [5.41, 5.74) is 0.142. The highest BCUT2D eigenvalue weighted by atomic mass is 16.6. The number of rotatable bonds is 4. The molecule has 90 valence electrons. The van der Waals surface area contributed by atoms with Crippen molar-refractivity contribution < 1.29 is 24.2 Å². The molecule has 0 amide bonds. The molecule has 0 aromatic rings. The third kappa shape index (κ3) is 3.66. The van der Waals surface area contributed by atoms with Gasteiger partial charge in [0.1, 0.15) is 12.7 Å². The predicted octanol–water partition coefficient (Wildman–Crippen LogP) is 0.564. The quantitative estimate of drug-likeness (QED) is 0.562. The van der Waals surface area contributed by atoms with Gasteiger partial charge in [-0.05, 0) is 19.3 Å². The predicted molar refractivity (Wildman–Crippen MR) is 55.5 cm³/mol. The first kappa shape index (κ1) is 12.7. The third-order valence-electron chi connectivity index (χ3n) is 2.35. The van der Waals surface area contributed by atoms with Gasteiger partial charge < -0.3 is 14.6 Å². The molecule has 1 rings (SSSR count). The molecular weight excluding hydrogens is 212 g/mol. The average Bonchev–Trinajstić information content (AvgIpc) is 2.49. The van der Waals surface area contributed by atoms with E-state index in [2.05, 4.69) is 6.58 Å². The Kier molecular flexibility index (Phi) is 4.98. The highest BCUT2D eigenvalue weighted by molar-refractivity contribution is 5.89. The van der Waals surface area contributed by atoms with Gasteiger partial charge in [-0.1, -0.05) is 6.58 Å². The minimum Gasteiger partial charge on any atom is -0.460 e. The minimum atomic E-state index is -0.617.